The molecule has 0 saturated heterocycles. The van der Waals surface area contributed by atoms with Gasteiger partial charge >= 0.3 is 0 Å². The third kappa shape index (κ3) is 3.42. The summed E-state index contributed by atoms with van der Waals surface area (Å²) in [6.07, 6.45) is 4.10. The number of aromatic nitrogens is 2. The third-order valence-electron chi connectivity index (χ3n) is 2.34. The number of halogens is 1. The van der Waals surface area contributed by atoms with Crippen molar-refractivity contribution in [2.45, 2.75) is 6.42 Å². The Morgan fingerprint density at radius 2 is 1.94 bits per heavy atom. The molecule has 94 valence electrons. The maximum Gasteiger partial charge on any atom is 0.164 e. The maximum atomic E-state index is 6.00. The van der Waals surface area contributed by atoms with Gasteiger partial charge in [-0.05, 0) is 19.2 Å². The van der Waals surface area contributed by atoms with Crippen LogP contribution in [-0.4, -0.2) is 23.6 Å². The second kappa shape index (κ2) is 6.33. The van der Waals surface area contributed by atoms with Crippen LogP contribution in [0.3, 0.4) is 0 Å². The van der Waals surface area contributed by atoms with Crippen LogP contribution in [0.2, 0.25) is 5.02 Å². The third-order valence-corrected chi connectivity index (χ3v) is 2.66. The van der Waals surface area contributed by atoms with Crippen molar-refractivity contribution in [2.24, 2.45) is 0 Å². The number of benzene rings is 1. The SMILES string of the molecule is CNCCc1ncc(Oc2ccccc2Cl)cn1. The summed E-state index contributed by atoms with van der Waals surface area (Å²) in [7, 11) is 1.90. The van der Waals surface area contributed by atoms with Crippen molar-refractivity contribution >= 4 is 11.6 Å². The van der Waals surface area contributed by atoms with E-state index in [0.717, 1.165) is 18.8 Å². The lowest BCUT2D eigenvalue weighted by atomic mass is 10.3. The van der Waals surface area contributed by atoms with Gasteiger partial charge in [-0.2, -0.15) is 0 Å². The van der Waals surface area contributed by atoms with E-state index in [1.165, 1.54) is 0 Å². The van der Waals surface area contributed by atoms with Crippen LogP contribution in [0.15, 0.2) is 36.7 Å². The molecule has 0 bridgehead atoms. The fraction of sp³-hybridized carbons (Fsp3) is 0.231. The molecule has 1 heterocycles. The van der Waals surface area contributed by atoms with Gasteiger partial charge in [0.2, 0.25) is 0 Å². The summed E-state index contributed by atoms with van der Waals surface area (Å²) in [5.41, 5.74) is 0. The van der Waals surface area contributed by atoms with Gasteiger partial charge in [0, 0.05) is 13.0 Å². The molecule has 0 aliphatic carbocycles. The van der Waals surface area contributed by atoms with Crippen LogP contribution in [0.25, 0.3) is 0 Å². The van der Waals surface area contributed by atoms with Gasteiger partial charge in [-0.25, -0.2) is 9.97 Å². The molecule has 0 unspecified atom stereocenters. The minimum atomic E-state index is 0.566. The molecule has 5 heteroatoms. The summed E-state index contributed by atoms with van der Waals surface area (Å²) in [4.78, 5) is 8.45. The minimum Gasteiger partial charge on any atom is -0.453 e. The van der Waals surface area contributed by atoms with Gasteiger partial charge in [-0.3, -0.25) is 0 Å². The Kier molecular flexibility index (Phi) is 4.50. The fourth-order valence-corrected chi connectivity index (χ4v) is 1.59. The Morgan fingerprint density at radius 1 is 1.22 bits per heavy atom. The first kappa shape index (κ1) is 12.8. The van der Waals surface area contributed by atoms with E-state index in [0.29, 0.717) is 16.5 Å². The molecule has 1 aromatic heterocycles. The molecule has 0 radical (unpaired) electrons. The van der Waals surface area contributed by atoms with E-state index in [9.17, 15) is 0 Å². The lowest BCUT2D eigenvalue weighted by Gasteiger charge is -2.06. The van der Waals surface area contributed by atoms with Gasteiger partial charge in [-0.1, -0.05) is 23.7 Å². The molecule has 0 fully saturated rings. The van der Waals surface area contributed by atoms with E-state index >= 15 is 0 Å². The second-order valence-corrected chi connectivity index (χ2v) is 4.13. The highest BCUT2D eigenvalue weighted by molar-refractivity contribution is 6.32. The van der Waals surface area contributed by atoms with Crippen molar-refractivity contribution in [1.82, 2.24) is 15.3 Å². The largest absolute Gasteiger partial charge is 0.453 e. The van der Waals surface area contributed by atoms with E-state index in [1.807, 2.05) is 19.2 Å². The van der Waals surface area contributed by atoms with E-state index in [2.05, 4.69) is 15.3 Å². The summed E-state index contributed by atoms with van der Waals surface area (Å²) in [6.45, 7) is 0.852. The highest BCUT2D eigenvalue weighted by Crippen LogP contribution is 2.27. The molecule has 18 heavy (non-hydrogen) atoms. The van der Waals surface area contributed by atoms with Crippen molar-refractivity contribution in [1.29, 1.82) is 0 Å². The summed E-state index contributed by atoms with van der Waals surface area (Å²) >= 11 is 6.00. The first-order valence-electron chi connectivity index (χ1n) is 5.67. The van der Waals surface area contributed by atoms with Crippen molar-refractivity contribution in [3.8, 4) is 11.5 Å². The number of likely N-dealkylation sites (N-methyl/N-ethyl adjacent to an activating group) is 1. The predicted octanol–water partition coefficient (Wildman–Crippen LogP) is 2.68. The Hall–Kier alpha value is -1.65. The molecule has 0 spiro atoms. The minimum absolute atomic E-state index is 0.566. The van der Waals surface area contributed by atoms with Gasteiger partial charge in [-0.15, -0.1) is 0 Å². The van der Waals surface area contributed by atoms with E-state index < -0.39 is 0 Å². The Balaban J connectivity index is 2.04. The smallest absolute Gasteiger partial charge is 0.164 e. The van der Waals surface area contributed by atoms with Crippen LogP contribution in [-0.2, 0) is 6.42 Å². The molecule has 0 saturated carbocycles. The van der Waals surface area contributed by atoms with Crippen LogP contribution in [0, 0.1) is 0 Å². The summed E-state index contributed by atoms with van der Waals surface area (Å²) in [5, 5.41) is 3.62. The van der Waals surface area contributed by atoms with Crippen molar-refractivity contribution in [3.63, 3.8) is 0 Å². The number of nitrogens with zero attached hydrogens (tertiary/aromatic N) is 2. The van der Waals surface area contributed by atoms with Gasteiger partial charge in [0.1, 0.15) is 11.6 Å². The van der Waals surface area contributed by atoms with Crippen molar-refractivity contribution in [2.75, 3.05) is 13.6 Å². The fourth-order valence-electron chi connectivity index (χ4n) is 1.42. The molecule has 0 aliphatic heterocycles. The number of hydrogen-bond donors (Lipinski definition) is 1. The van der Waals surface area contributed by atoms with E-state index in [1.54, 1.807) is 24.5 Å². The zero-order chi connectivity index (χ0) is 12.8. The summed E-state index contributed by atoms with van der Waals surface area (Å²) in [5.74, 6) is 1.97. The number of para-hydroxylation sites is 1. The molecule has 0 aliphatic rings. The molecule has 4 nitrogen and oxygen atoms in total. The van der Waals surface area contributed by atoms with Crippen LogP contribution in [0.1, 0.15) is 5.82 Å². The van der Waals surface area contributed by atoms with E-state index in [-0.39, 0.29) is 0 Å². The molecule has 0 amide bonds. The first-order chi connectivity index (χ1) is 8.79. The number of nitrogens with one attached hydrogen (secondary N) is 1. The first-order valence-corrected chi connectivity index (χ1v) is 6.05. The Bertz CT molecular complexity index is 502. The van der Waals surface area contributed by atoms with Crippen LogP contribution < -0.4 is 10.1 Å². The molecule has 2 aromatic rings. The number of rotatable bonds is 5. The Morgan fingerprint density at radius 3 is 2.61 bits per heavy atom. The number of hydrogen-bond acceptors (Lipinski definition) is 4. The van der Waals surface area contributed by atoms with Crippen LogP contribution in [0.4, 0.5) is 0 Å². The second-order valence-electron chi connectivity index (χ2n) is 3.72. The molecule has 2 rings (SSSR count). The normalized spacial score (nSPS) is 10.3. The monoisotopic (exact) mass is 263 g/mol. The van der Waals surface area contributed by atoms with Crippen molar-refractivity contribution in [3.05, 3.63) is 47.5 Å². The molecular formula is C13H14ClN3O. The lowest BCUT2D eigenvalue weighted by Crippen LogP contribution is -2.12. The average molecular weight is 264 g/mol. The van der Waals surface area contributed by atoms with Gasteiger partial charge in [0.25, 0.3) is 0 Å². The molecular weight excluding hydrogens is 250 g/mol. The highest BCUT2D eigenvalue weighted by atomic mass is 35.5. The molecule has 1 aromatic carbocycles. The summed E-state index contributed by atoms with van der Waals surface area (Å²) < 4.78 is 5.60. The van der Waals surface area contributed by atoms with Crippen molar-refractivity contribution < 1.29 is 4.74 Å². The van der Waals surface area contributed by atoms with E-state index in [4.69, 9.17) is 16.3 Å². The van der Waals surface area contributed by atoms with Gasteiger partial charge in [0.05, 0.1) is 17.4 Å². The molecule has 0 atom stereocenters. The zero-order valence-electron chi connectivity index (χ0n) is 10.1. The average Bonchev–Trinajstić information content (AvgIpc) is 2.41. The quantitative estimate of drug-likeness (QED) is 0.901. The standard InChI is InChI=1S/C13H14ClN3O/c1-15-7-6-13-16-8-10(9-17-13)18-12-5-3-2-4-11(12)14/h2-5,8-9,15H,6-7H2,1H3. The summed E-state index contributed by atoms with van der Waals surface area (Å²) in [6, 6.07) is 7.30. The van der Waals surface area contributed by atoms with Crippen LogP contribution >= 0.6 is 11.6 Å². The molecule has 1 N–H and O–H groups in total. The highest BCUT2D eigenvalue weighted by Gasteiger charge is 2.03. The van der Waals surface area contributed by atoms with Crippen LogP contribution in [0.5, 0.6) is 11.5 Å². The lowest BCUT2D eigenvalue weighted by molar-refractivity contribution is 0.476. The zero-order valence-corrected chi connectivity index (χ0v) is 10.8. The predicted molar refractivity (Wildman–Crippen MR) is 71.2 cm³/mol. The number of ether oxygens (including phenoxy) is 1. The van der Waals surface area contributed by atoms with Gasteiger partial charge in [0.15, 0.2) is 5.75 Å². The Labute approximate surface area is 111 Å². The topological polar surface area (TPSA) is 47.0 Å². The maximum absolute atomic E-state index is 6.00. The van der Waals surface area contributed by atoms with Gasteiger partial charge < -0.3 is 10.1 Å².